The van der Waals surface area contributed by atoms with E-state index in [1.165, 1.54) is 6.42 Å². The second-order valence-corrected chi connectivity index (χ2v) is 3.89. The van der Waals surface area contributed by atoms with Crippen molar-refractivity contribution in [2.24, 2.45) is 0 Å². The van der Waals surface area contributed by atoms with Gasteiger partial charge in [0.2, 0.25) is 0 Å². The molecule has 0 amide bonds. The van der Waals surface area contributed by atoms with Crippen LogP contribution in [-0.4, -0.2) is 10.2 Å². The molecular weight excluding hydrogens is 240 g/mol. The van der Waals surface area contributed by atoms with Gasteiger partial charge >= 0.3 is 0 Å². The standard InChI is InChI=1S/2C6H7NO.C3H8/c2*7-5-1-3-6(8)4-2-5;1-3-2/h2*1-4,8H,7H2;3H2,1-2H3. The lowest BCUT2D eigenvalue weighted by molar-refractivity contribution is 0.475. The fourth-order valence-electron chi connectivity index (χ4n) is 0.949. The van der Waals surface area contributed by atoms with Gasteiger partial charge in [0.25, 0.3) is 0 Å². The van der Waals surface area contributed by atoms with Gasteiger partial charge in [0.1, 0.15) is 11.5 Å². The van der Waals surface area contributed by atoms with Crippen LogP contribution in [0.4, 0.5) is 11.4 Å². The molecule has 0 aliphatic rings. The third-order valence-electron chi connectivity index (χ3n) is 1.79. The van der Waals surface area contributed by atoms with Crippen LogP contribution in [0.2, 0.25) is 0 Å². The van der Waals surface area contributed by atoms with Gasteiger partial charge in [-0.05, 0) is 48.5 Å². The lowest BCUT2D eigenvalue weighted by atomic mass is 10.3. The van der Waals surface area contributed by atoms with Crippen molar-refractivity contribution in [3.05, 3.63) is 48.5 Å². The van der Waals surface area contributed by atoms with Crippen LogP contribution >= 0.6 is 0 Å². The van der Waals surface area contributed by atoms with Gasteiger partial charge in [0, 0.05) is 11.4 Å². The van der Waals surface area contributed by atoms with E-state index in [1.54, 1.807) is 48.5 Å². The third-order valence-corrected chi connectivity index (χ3v) is 1.79. The van der Waals surface area contributed by atoms with Crippen molar-refractivity contribution >= 4 is 11.4 Å². The summed E-state index contributed by atoms with van der Waals surface area (Å²) >= 11 is 0. The molecule has 104 valence electrons. The molecule has 0 saturated carbocycles. The second-order valence-electron chi connectivity index (χ2n) is 3.89. The molecule has 2 aromatic rings. The van der Waals surface area contributed by atoms with E-state index in [1.807, 2.05) is 0 Å². The summed E-state index contributed by atoms with van der Waals surface area (Å²) < 4.78 is 0. The third kappa shape index (κ3) is 9.35. The van der Waals surface area contributed by atoms with Crippen LogP contribution in [0.3, 0.4) is 0 Å². The second kappa shape index (κ2) is 9.65. The fourth-order valence-corrected chi connectivity index (χ4v) is 0.949. The van der Waals surface area contributed by atoms with Crippen LogP contribution in [0.25, 0.3) is 0 Å². The van der Waals surface area contributed by atoms with Crippen LogP contribution in [0.5, 0.6) is 11.5 Å². The molecule has 4 nitrogen and oxygen atoms in total. The summed E-state index contributed by atoms with van der Waals surface area (Å²) in [5.74, 6) is 0.499. The number of hydrogen-bond acceptors (Lipinski definition) is 4. The molecule has 0 aliphatic heterocycles. The van der Waals surface area contributed by atoms with E-state index in [0.717, 1.165) is 0 Å². The monoisotopic (exact) mass is 262 g/mol. The number of aromatic hydroxyl groups is 2. The van der Waals surface area contributed by atoms with E-state index in [9.17, 15) is 0 Å². The highest BCUT2D eigenvalue weighted by Crippen LogP contribution is 2.10. The Morgan fingerprint density at radius 3 is 1.05 bits per heavy atom. The zero-order valence-electron chi connectivity index (χ0n) is 11.4. The Morgan fingerprint density at radius 1 is 0.684 bits per heavy atom. The average Bonchev–Trinajstić information content (AvgIpc) is 2.38. The van der Waals surface area contributed by atoms with E-state index in [-0.39, 0.29) is 11.5 Å². The Labute approximate surface area is 114 Å². The average molecular weight is 262 g/mol. The summed E-state index contributed by atoms with van der Waals surface area (Å²) in [6.45, 7) is 4.25. The van der Waals surface area contributed by atoms with Gasteiger partial charge in [-0.2, -0.15) is 0 Å². The number of nitrogen functional groups attached to an aromatic ring is 2. The normalized spacial score (nSPS) is 8.53. The van der Waals surface area contributed by atoms with Crippen LogP contribution in [0, 0.1) is 0 Å². The number of hydrogen-bond donors (Lipinski definition) is 4. The topological polar surface area (TPSA) is 92.5 Å². The summed E-state index contributed by atoms with van der Waals surface area (Å²) in [4.78, 5) is 0. The quantitative estimate of drug-likeness (QED) is 0.432. The van der Waals surface area contributed by atoms with E-state index in [4.69, 9.17) is 21.7 Å². The zero-order chi connectivity index (χ0) is 14.7. The summed E-state index contributed by atoms with van der Waals surface area (Å²) in [5.41, 5.74) is 12.0. The molecule has 2 aromatic carbocycles. The zero-order valence-corrected chi connectivity index (χ0v) is 11.4. The molecule has 2 rings (SSSR count). The van der Waals surface area contributed by atoms with Gasteiger partial charge in [-0.25, -0.2) is 0 Å². The summed E-state index contributed by atoms with van der Waals surface area (Å²) in [5, 5.41) is 17.4. The van der Waals surface area contributed by atoms with Gasteiger partial charge < -0.3 is 21.7 Å². The van der Waals surface area contributed by atoms with Gasteiger partial charge in [0.15, 0.2) is 0 Å². The number of phenolic OH excluding ortho intramolecular Hbond substituents is 2. The Kier molecular flexibility index (Phi) is 8.45. The number of benzene rings is 2. The Balaban J connectivity index is 0.000000284. The molecule has 0 atom stereocenters. The summed E-state index contributed by atoms with van der Waals surface area (Å²) in [7, 11) is 0. The first-order valence-corrected chi connectivity index (χ1v) is 6.08. The first-order valence-electron chi connectivity index (χ1n) is 6.08. The molecule has 4 heteroatoms. The fraction of sp³-hybridized carbons (Fsp3) is 0.200. The van der Waals surface area contributed by atoms with Crippen LogP contribution < -0.4 is 11.5 Å². The first-order chi connectivity index (χ1) is 8.99. The molecule has 0 bridgehead atoms. The van der Waals surface area contributed by atoms with Crippen molar-refractivity contribution in [3.8, 4) is 11.5 Å². The maximum Gasteiger partial charge on any atom is 0.115 e. The highest BCUT2D eigenvalue weighted by molar-refractivity contribution is 5.41. The summed E-state index contributed by atoms with van der Waals surface area (Å²) in [6.07, 6.45) is 1.25. The van der Waals surface area contributed by atoms with E-state index < -0.39 is 0 Å². The SMILES string of the molecule is CCC.Nc1ccc(O)cc1.Nc1ccc(O)cc1. The lowest BCUT2D eigenvalue weighted by Crippen LogP contribution is -1.80. The molecular formula is C15H22N2O2. The predicted molar refractivity (Wildman–Crippen MR) is 81.0 cm³/mol. The maximum atomic E-state index is 8.70. The molecule has 0 unspecified atom stereocenters. The van der Waals surface area contributed by atoms with Crippen LogP contribution in [0.1, 0.15) is 20.3 Å². The van der Waals surface area contributed by atoms with Crippen LogP contribution in [0.15, 0.2) is 48.5 Å². The number of nitrogens with two attached hydrogens (primary N) is 2. The smallest absolute Gasteiger partial charge is 0.115 e. The van der Waals surface area contributed by atoms with Gasteiger partial charge in [-0.1, -0.05) is 20.3 Å². The minimum Gasteiger partial charge on any atom is -0.508 e. The van der Waals surface area contributed by atoms with Crippen molar-refractivity contribution in [3.63, 3.8) is 0 Å². The molecule has 0 saturated heterocycles. The van der Waals surface area contributed by atoms with E-state index >= 15 is 0 Å². The Morgan fingerprint density at radius 2 is 0.895 bits per heavy atom. The van der Waals surface area contributed by atoms with Crippen molar-refractivity contribution in [2.75, 3.05) is 11.5 Å². The van der Waals surface area contributed by atoms with Crippen molar-refractivity contribution in [1.82, 2.24) is 0 Å². The minimum absolute atomic E-state index is 0.249. The minimum atomic E-state index is 0.249. The largest absolute Gasteiger partial charge is 0.508 e. The molecule has 0 heterocycles. The highest BCUT2D eigenvalue weighted by Gasteiger charge is 1.83. The number of anilines is 2. The number of rotatable bonds is 0. The van der Waals surface area contributed by atoms with Crippen molar-refractivity contribution in [2.45, 2.75) is 20.3 Å². The molecule has 0 fully saturated rings. The molecule has 0 radical (unpaired) electrons. The molecule has 0 aliphatic carbocycles. The van der Waals surface area contributed by atoms with Crippen molar-refractivity contribution < 1.29 is 10.2 Å². The Bertz CT molecular complexity index is 353. The Hall–Kier alpha value is -2.36. The van der Waals surface area contributed by atoms with E-state index in [2.05, 4.69) is 13.8 Å². The molecule has 19 heavy (non-hydrogen) atoms. The molecule has 0 aromatic heterocycles. The lowest BCUT2D eigenvalue weighted by Gasteiger charge is -1.89. The van der Waals surface area contributed by atoms with Gasteiger partial charge in [-0.15, -0.1) is 0 Å². The van der Waals surface area contributed by atoms with Gasteiger partial charge in [0.05, 0.1) is 0 Å². The number of phenols is 2. The van der Waals surface area contributed by atoms with Crippen LogP contribution in [-0.2, 0) is 0 Å². The highest BCUT2D eigenvalue weighted by atomic mass is 16.3. The summed E-state index contributed by atoms with van der Waals surface area (Å²) in [6, 6.07) is 12.8. The van der Waals surface area contributed by atoms with Crippen molar-refractivity contribution in [1.29, 1.82) is 0 Å². The van der Waals surface area contributed by atoms with Gasteiger partial charge in [-0.3, -0.25) is 0 Å². The maximum absolute atomic E-state index is 8.70. The predicted octanol–water partition coefficient (Wildman–Crippen LogP) is 3.37. The first kappa shape index (κ1) is 16.6. The molecule has 6 N–H and O–H groups in total. The molecule has 0 spiro atoms. The van der Waals surface area contributed by atoms with E-state index in [0.29, 0.717) is 11.4 Å².